The van der Waals surface area contributed by atoms with Crippen LogP contribution in [0.4, 0.5) is 0 Å². The van der Waals surface area contributed by atoms with Crippen molar-refractivity contribution < 1.29 is 0 Å². The number of thiazole rings is 1. The highest BCUT2D eigenvalue weighted by atomic mass is 35.5. The first kappa shape index (κ1) is 12.8. The molecule has 3 atom stereocenters. The summed E-state index contributed by atoms with van der Waals surface area (Å²) in [6, 6.07) is 6.08. The second-order valence-corrected chi connectivity index (χ2v) is 7.46. The molecule has 2 bridgehead atoms. The monoisotopic (exact) mass is 304 g/mol. The normalized spacial score (nSPS) is 26.8. The van der Waals surface area contributed by atoms with Gasteiger partial charge in [-0.05, 0) is 67.4 Å². The first-order chi connectivity index (χ1) is 9.63. The number of rotatable bonds is 2. The Morgan fingerprint density at radius 2 is 2.15 bits per heavy atom. The van der Waals surface area contributed by atoms with Gasteiger partial charge in [-0.1, -0.05) is 11.6 Å². The minimum absolute atomic E-state index is 0.149. The van der Waals surface area contributed by atoms with Crippen molar-refractivity contribution in [2.24, 2.45) is 17.6 Å². The third-order valence-electron chi connectivity index (χ3n) is 4.66. The van der Waals surface area contributed by atoms with Gasteiger partial charge in [-0.15, -0.1) is 11.3 Å². The van der Waals surface area contributed by atoms with Gasteiger partial charge in [0, 0.05) is 11.1 Å². The van der Waals surface area contributed by atoms with Gasteiger partial charge < -0.3 is 5.73 Å². The molecule has 0 spiro atoms. The Kier molecular flexibility index (Phi) is 2.92. The maximum absolute atomic E-state index is 6.23. The lowest BCUT2D eigenvalue weighted by Gasteiger charge is -2.21. The molecule has 3 unspecified atom stereocenters. The van der Waals surface area contributed by atoms with E-state index in [-0.39, 0.29) is 6.04 Å². The molecule has 2 aliphatic rings. The molecule has 0 saturated heterocycles. The second kappa shape index (κ2) is 4.55. The predicted octanol–water partition coefficient (Wildman–Crippen LogP) is 4.48. The minimum Gasteiger partial charge on any atom is -0.324 e. The molecule has 1 aromatic heterocycles. The first-order valence-corrected chi connectivity index (χ1v) is 8.39. The Labute approximate surface area is 127 Å². The summed E-state index contributed by atoms with van der Waals surface area (Å²) in [5.74, 6) is 1.38. The fraction of sp³-hybridized carbons (Fsp3) is 0.438. The molecular formula is C16H17ClN2S. The quantitative estimate of drug-likeness (QED) is 0.888. The van der Waals surface area contributed by atoms with Crippen LogP contribution in [-0.2, 0) is 0 Å². The summed E-state index contributed by atoms with van der Waals surface area (Å²) in [7, 11) is 0. The fourth-order valence-electron chi connectivity index (χ4n) is 3.91. The van der Waals surface area contributed by atoms with Crippen molar-refractivity contribution in [1.29, 1.82) is 0 Å². The van der Waals surface area contributed by atoms with Crippen LogP contribution in [0.1, 0.15) is 31.2 Å². The lowest BCUT2D eigenvalue weighted by Crippen LogP contribution is -2.23. The van der Waals surface area contributed by atoms with Gasteiger partial charge in [-0.2, -0.15) is 0 Å². The lowest BCUT2D eigenvalue weighted by molar-refractivity contribution is 0.606. The molecule has 0 radical (unpaired) electrons. The summed E-state index contributed by atoms with van der Waals surface area (Å²) < 4.78 is 1.17. The van der Waals surface area contributed by atoms with E-state index in [4.69, 9.17) is 22.3 Å². The van der Waals surface area contributed by atoms with Crippen molar-refractivity contribution in [2.45, 2.75) is 32.2 Å². The number of benzene rings is 1. The molecular weight excluding hydrogens is 288 g/mol. The molecule has 4 rings (SSSR count). The standard InChI is InChI=1S/C16H17ClN2S/c1-8(18)14-9-2-3-10(6-9)15(14)16-19-12-5-4-11(17)7-13(12)20-16/h4-5,7-10H,2-3,6,18H2,1H3. The van der Waals surface area contributed by atoms with Crippen LogP contribution < -0.4 is 5.73 Å². The van der Waals surface area contributed by atoms with Gasteiger partial charge in [0.05, 0.1) is 10.2 Å². The average Bonchev–Trinajstić information content (AvgIpc) is 3.09. The van der Waals surface area contributed by atoms with Gasteiger partial charge in [0.2, 0.25) is 0 Å². The summed E-state index contributed by atoms with van der Waals surface area (Å²) in [5, 5.41) is 1.95. The molecule has 20 heavy (non-hydrogen) atoms. The highest BCUT2D eigenvalue weighted by Gasteiger charge is 2.41. The maximum Gasteiger partial charge on any atom is 0.120 e. The van der Waals surface area contributed by atoms with Crippen LogP contribution in [-0.4, -0.2) is 11.0 Å². The molecule has 0 amide bonds. The van der Waals surface area contributed by atoms with Gasteiger partial charge in [0.15, 0.2) is 0 Å². The number of aromatic nitrogens is 1. The molecule has 2 aliphatic carbocycles. The molecule has 4 heteroatoms. The second-order valence-electron chi connectivity index (χ2n) is 6.00. The zero-order valence-corrected chi connectivity index (χ0v) is 13.0. The molecule has 2 N–H and O–H groups in total. The number of fused-ring (bicyclic) bond motifs is 3. The third kappa shape index (κ3) is 1.84. The largest absolute Gasteiger partial charge is 0.324 e. The molecule has 1 saturated carbocycles. The molecule has 1 fully saturated rings. The lowest BCUT2D eigenvalue weighted by atomic mass is 9.88. The third-order valence-corrected chi connectivity index (χ3v) is 5.95. The van der Waals surface area contributed by atoms with Crippen LogP contribution in [0.5, 0.6) is 0 Å². The summed E-state index contributed by atoms with van der Waals surface area (Å²) >= 11 is 7.84. The van der Waals surface area contributed by atoms with Crippen molar-refractivity contribution in [3.63, 3.8) is 0 Å². The SMILES string of the molecule is CC(N)C1=C(c2nc3ccc(Cl)cc3s2)C2CCC1C2. The Balaban J connectivity index is 1.89. The summed E-state index contributed by atoms with van der Waals surface area (Å²) in [4.78, 5) is 4.83. The summed E-state index contributed by atoms with van der Waals surface area (Å²) in [5.41, 5.74) is 10.2. The average molecular weight is 305 g/mol. The Bertz CT molecular complexity index is 716. The van der Waals surface area contributed by atoms with E-state index in [1.165, 1.54) is 40.1 Å². The Morgan fingerprint density at radius 1 is 1.35 bits per heavy atom. The van der Waals surface area contributed by atoms with Crippen LogP contribution in [0.25, 0.3) is 15.8 Å². The van der Waals surface area contributed by atoms with E-state index in [1.807, 2.05) is 18.2 Å². The molecule has 104 valence electrons. The van der Waals surface area contributed by atoms with Crippen LogP contribution in [0.2, 0.25) is 5.02 Å². The highest BCUT2D eigenvalue weighted by Crippen LogP contribution is 2.54. The van der Waals surface area contributed by atoms with Crippen molar-refractivity contribution in [3.05, 3.63) is 33.8 Å². The van der Waals surface area contributed by atoms with E-state index in [2.05, 4.69) is 6.92 Å². The molecule has 2 aromatic rings. The number of halogens is 1. The molecule has 1 aromatic carbocycles. The van der Waals surface area contributed by atoms with Gasteiger partial charge >= 0.3 is 0 Å². The number of hydrogen-bond donors (Lipinski definition) is 1. The highest BCUT2D eigenvalue weighted by molar-refractivity contribution is 7.19. The van der Waals surface area contributed by atoms with E-state index in [0.29, 0.717) is 11.8 Å². The van der Waals surface area contributed by atoms with Crippen molar-refractivity contribution in [1.82, 2.24) is 4.98 Å². The Hall–Kier alpha value is -0.900. The Morgan fingerprint density at radius 3 is 2.95 bits per heavy atom. The predicted molar refractivity (Wildman–Crippen MR) is 86.0 cm³/mol. The van der Waals surface area contributed by atoms with Gasteiger partial charge in [-0.3, -0.25) is 0 Å². The number of nitrogens with zero attached hydrogens (tertiary/aromatic N) is 1. The number of hydrogen-bond acceptors (Lipinski definition) is 3. The zero-order valence-electron chi connectivity index (χ0n) is 11.4. The van der Waals surface area contributed by atoms with E-state index in [9.17, 15) is 0 Å². The van der Waals surface area contributed by atoms with Gasteiger partial charge in [0.1, 0.15) is 5.01 Å². The van der Waals surface area contributed by atoms with Crippen LogP contribution in [0, 0.1) is 11.8 Å². The smallest absolute Gasteiger partial charge is 0.120 e. The minimum atomic E-state index is 0.149. The van der Waals surface area contributed by atoms with E-state index in [1.54, 1.807) is 11.3 Å². The maximum atomic E-state index is 6.23. The van der Waals surface area contributed by atoms with Crippen molar-refractivity contribution in [2.75, 3.05) is 0 Å². The van der Waals surface area contributed by atoms with Gasteiger partial charge in [0.25, 0.3) is 0 Å². The molecule has 1 heterocycles. The van der Waals surface area contributed by atoms with Crippen LogP contribution in [0.15, 0.2) is 23.8 Å². The summed E-state index contributed by atoms with van der Waals surface area (Å²) in [6.07, 6.45) is 3.89. The molecule has 2 nitrogen and oxygen atoms in total. The van der Waals surface area contributed by atoms with Crippen molar-refractivity contribution in [3.8, 4) is 0 Å². The molecule has 0 aliphatic heterocycles. The fourth-order valence-corrected chi connectivity index (χ4v) is 5.30. The zero-order chi connectivity index (χ0) is 13.9. The van der Waals surface area contributed by atoms with E-state index in [0.717, 1.165) is 10.5 Å². The first-order valence-electron chi connectivity index (χ1n) is 7.19. The van der Waals surface area contributed by atoms with Crippen LogP contribution >= 0.6 is 22.9 Å². The van der Waals surface area contributed by atoms with E-state index >= 15 is 0 Å². The topological polar surface area (TPSA) is 38.9 Å². The van der Waals surface area contributed by atoms with E-state index < -0.39 is 0 Å². The van der Waals surface area contributed by atoms with Gasteiger partial charge in [-0.25, -0.2) is 4.98 Å². The number of nitrogens with two attached hydrogens (primary N) is 1. The van der Waals surface area contributed by atoms with Crippen molar-refractivity contribution >= 4 is 38.7 Å². The van der Waals surface area contributed by atoms with Crippen LogP contribution in [0.3, 0.4) is 0 Å². The number of allylic oxidation sites excluding steroid dienone is 1. The summed E-state index contributed by atoms with van der Waals surface area (Å²) in [6.45, 7) is 2.11.